The molecular weight excluding hydrogens is 422 g/mol. The van der Waals surface area contributed by atoms with E-state index < -0.39 is 4.92 Å². The van der Waals surface area contributed by atoms with Crippen LogP contribution in [-0.4, -0.2) is 11.5 Å². The molecule has 182 valence electrons. The molecule has 0 aliphatic carbocycles. The van der Waals surface area contributed by atoms with E-state index in [4.69, 9.17) is 5.26 Å². The first-order valence-corrected chi connectivity index (χ1v) is 12.8. The minimum absolute atomic E-state index is 0.0736. The number of rotatable bonds is 17. The molecule has 2 aromatic rings. The quantitative estimate of drug-likeness (QED) is 0.110. The summed E-state index contributed by atoms with van der Waals surface area (Å²) < 4.78 is 0. The van der Waals surface area contributed by atoms with Crippen LogP contribution >= 0.6 is 0 Å². The van der Waals surface area contributed by atoms with Gasteiger partial charge in [0.2, 0.25) is 0 Å². The van der Waals surface area contributed by atoms with E-state index in [0.29, 0.717) is 0 Å². The maximum absolute atomic E-state index is 10.9. The van der Waals surface area contributed by atoms with Gasteiger partial charge < -0.3 is 5.32 Å². The monoisotopic (exact) mass is 461 g/mol. The molecule has 0 radical (unpaired) electrons. The zero-order valence-corrected chi connectivity index (χ0v) is 20.6. The first-order valence-electron chi connectivity index (χ1n) is 12.8. The van der Waals surface area contributed by atoms with Gasteiger partial charge in [-0.15, -0.1) is 0 Å². The topological polar surface area (TPSA) is 79.0 Å². The van der Waals surface area contributed by atoms with E-state index >= 15 is 0 Å². The fourth-order valence-electron chi connectivity index (χ4n) is 4.01. The van der Waals surface area contributed by atoms with E-state index in [-0.39, 0.29) is 11.3 Å². The van der Waals surface area contributed by atoms with Crippen molar-refractivity contribution < 1.29 is 4.92 Å². The van der Waals surface area contributed by atoms with E-state index in [1.807, 2.05) is 30.4 Å². The summed E-state index contributed by atoms with van der Waals surface area (Å²) >= 11 is 0. The van der Waals surface area contributed by atoms with E-state index in [2.05, 4.69) is 24.4 Å². The van der Waals surface area contributed by atoms with Gasteiger partial charge in [0, 0.05) is 18.3 Å². The molecule has 5 heteroatoms. The van der Waals surface area contributed by atoms with E-state index in [1.54, 1.807) is 12.1 Å². The Hall–Kier alpha value is -3.13. The molecule has 5 nitrogen and oxygen atoms in total. The Morgan fingerprint density at radius 1 is 0.824 bits per heavy atom. The molecule has 0 amide bonds. The third-order valence-corrected chi connectivity index (χ3v) is 6.08. The highest BCUT2D eigenvalue weighted by atomic mass is 16.6. The molecule has 0 saturated carbocycles. The molecule has 0 spiro atoms. The minimum atomic E-state index is -0.533. The number of nitro benzene ring substituents is 1. The van der Waals surface area contributed by atoms with Gasteiger partial charge in [-0.3, -0.25) is 10.1 Å². The summed E-state index contributed by atoms with van der Waals surface area (Å²) in [5.74, 6) is 0. The van der Waals surface area contributed by atoms with Crippen LogP contribution in [0.1, 0.15) is 101 Å². The Morgan fingerprint density at radius 3 is 1.91 bits per heavy atom. The lowest BCUT2D eigenvalue weighted by Crippen LogP contribution is -2.01. The van der Waals surface area contributed by atoms with Gasteiger partial charge in [0.25, 0.3) is 5.69 Å². The standard InChI is InChI=1S/C29H39N3O2/c1-2-3-4-5-6-7-8-9-10-11-12-13-22-31-28-19-16-25(17-20-28)14-15-26-18-21-29(32(33)34)27(23-26)24-30/h14-21,23,31H,2-13,22H2,1H3. The number of hydrogen-bond donors (Lipinski definition) is 1. The molecule has 0 aliphatic rings. The van der Waals surface area contributed by atoms with Crippen molar-refractivity contribution >= 4 is 23.5 Å². The van der Waals surface area contributed by atoms with Crippen molar-refractivity contribution in [2.75, 3.05) is 11.9 Å². The van der Waals surface area contributed by atoms with Gasteiger partial charge in [-0.1, -0.05) is 102 Å². The summed E-state index contributed by atoms with van der Waals surface area (Å²) in [4.78, 5) is 10.4. The summed E-state index contributed by atoms with van der Waals surface area (Å²) in [6.45, 7) is 3.26. The van der Waals surface area contributed by atoms with Crippen molar-refractivity contribution in [1.29, 1.82) is 5.26 Å². The van der Waals surface area contributed by atoms with Gasteiger partial charge in [-0.25, -0.2) is 0 Å². The number of anilines is 1. The Kier molecular flexibility index (Phi) is 13.1. The molecular formula is C29H39N3O2. The summed E-state index contributed by atoms with van der Waals surface area (Å²) in [6, 6.07) is 14.7. The number of nitro groups is 1. The Bertz CT molecular complexity index is 929. The van der Waals surface area contributed by atoms with Gasteiger partial charge in [0.1, 0.15) is 11.6 Å². The van der Waals surface area contributed by atoms with Crippen LogP contribution in [0, 0.1) is 21.4 Å². The van der Waals surface area contributed by atoms with Crippen LogP contribution in [0.4, 0.5) is 11.4 Å². The molecule has 0 aliphatic heterocycles. The maximum Gasteiger partial charge on any atom is 0.287 e. The van der Waals surface area contributed by atoms with Gasteiger partial charge >= 0.3 is 0 Å². The smallest absolute Gasteiger partial charge is 0.287 e. The van der Waals surface area contributed by atoms with Crippen molar-refractivity contribution in [3.05, 3.63) is 69.3 Å². The third-order valence-electron chi connectivity index (χ3n) is 6.08. The van der Waals surface area contributed by atoms with Crippen molar-refractivity contribution in [3.8, 4) is 6.07 Å². The molecule has 34 heavy (non-hydrogen) atoms. The van der Waals surface area contributed by atoms with Crippen molar-refractivity contribution in [1.82, 2.24) is 0 Å². The number of nitrogens with one attached hydrogen (secondary N) is 1. The zero-order chi connectivity index (χ0) is 24.4. The SMILES string of the molecule is CCCCCCCCCCCCCCNc1ccc(C=Cc2ccc([N+](=O)[O-])c(C#N)c2)cc1. The number of nitriles is 1. The molecule has 0 saturated heterocycles. The van der Waals surface area contributed by atoms with Crippen LogP contribution in [0.2, 0.25) is 0 Å². The average molecular weight is 462 g/mol. The first-order chi connectivity index (χ1) is 16.6. The lowest BCUT2D eigenvalue weighted by atomic mass is 10.1. The van der Waals surface area contributed by atoms with Crippen LogP contribution in [0.25, 0.3) is 12.2 Å². The molecule has 0 fully saturated rings. The zero-order valence-electron chi connectivity index (χ0n) is 20.6. The number of benzene rings is 2. The van der Waals surface area contributed by atoms with E-state index in [1.165, 1.54) is 83.1 Å². The van der Waals surface area contributed by atoms with E-state index in [0.717, 1.165) is 23.4 Å². The lowest BCUT2D eigenvalue weighted by molar-refractivity contribution is -0.385. The van der Waals surface area contributed by atoms with Crippen LogP contribution in [0.5, 0.6) is 0 Å². The minimum Gasteiger partial charge on any atom is -0.385 e. The highest BCUT2D eigenvalue weighted by Crippen LogP contribution is 2.21. The predicted molar refractivity (Wildman–Crippen MR) is 143 cm³/mol. The third kappa shape index (κ3) is 10.7. The summed E-state index contributed by atoms with van der Waals surface area (Å²) in [7, 11) is 0. The highest BCUT2D eigenvalue weighted by molar-refractivity contribution is 5.72. The normalized spacial score (nSPS) is 10.9. The van der Waals surface area contributed by atoms with Crippen LogP contribution in [0.15, 0.2) is 42.5 Å². The second-order valence-corrected chi connectivity index (χ2v) is 8.92. The summed E-state index contributed by atoms with van der Waals surface area (Å²) in [5, 5.41) is 23.5. The molecule has 1 N–H and O–H groups in total. The molecule has 0 atom stereocenters. The average Bonchev–Trinajstić information content (AvgIpc) is 2.86. The Balaban J connectivity index is 1.60. The Morgan fingerprint density at radius 2 is 1.35 bits per heavy atom. The van der Waals surface area contributed by atoms with E-state index in [9.17, 15) is 10.1 Å². The fraction of sp³-hybridized carbons (Fsp3) is 0.483. The van der Waals surface area contributed by atoms with Gasteiger partial charge in [-0.05, 0) is 41.8 Å². The predicted octanol–water partition coefficient (Wildman–Crippen LogP) is 8.75. The highest BCUT2D eigenvalue weighted by Gasteiger charge is 2.12. The Labute approximate surface area is 205 Å². The molecule has 0 heterocycles. The van der Waals surface area contributed by atoms with Gasteiger partial charge in [0.05, 0.1) is 4.92 Å². The summed E-state index contributed by atoms with van der Waals surface area (Å²) in [6.07, 6.45) is 20.1. The summed E-state index contributed by atoms with van der Waals surface area (Å²) in [5.41, 5.74) is 2.82. The fourth-order valence-corrected chi connectivity index (χ4v) is 4.01. The van der Waals surface area contributed by atoms with Crippen molar-refractivity contribution in [2.24, 2.45) is 0 Å². The van der Waals surface area contributed by atoms with Crippen molar-refractivity contribution in [2.45, 2.75) is 84.0 Å². The van der Waals surface area contributed by atoms with Gasteiger partial charge in [-0.2, -0.15) is 5.26 Å². The molecule has 2 aromatic carbocycles. The van der Waals surface area contributed by atoms with Crippen molar-refractivity contribution in [3.63, 3.8) is 0 Å². The molecule has 0 aromatic heterocycles. The lowest BCUT2D eigenvalue weighted by Gasteiger charge is -2.07. The maximum atomic E-state index is 10.9. The number of nitrogens with zero attached hydrogens (tertiary/aromatic N) is 2. The molecule has 2 rings (SSSR count). The van der Waals surface area contributed by atoms with Gasteiger partial charge in [0.15, 0.2) is 0 Å². The van der Waals surface area contributed by atoms with Crippen LogP contribution in [-0.2, 0) is 0 Å². The second kappa shape index (κ2) is 16.5. The second-order valence-electron chi connectivity index (χ2n) is 8.92. The molecule has 0 unspecified atom stereocenters. The van der Waals surface area contributed by atoms with Crippen LogP contribution in [0.3, 0.4) is 0 Å². The first kappa shape index (κ1) is 27.1. The number of unbranched alkanes of at least 4 members (excludes halogenated alkanes) is 11. The molecule has 0 bridgehead atoms. The number of hydrogen-bond acceptors (Lipinski definition) is 4. The van der Waals surface area contributed by atoms with Crippen LogP contribution < -0.4 is 5.32 Å². The largest absolute Gasteiger partial charge is 0.385 e.